The Morgan fingerprint density at radius 1 is 1.24 bits per heavy atom. The molecule has 1 spiro atoms. The molecule has 2 fully saturated rings. The molecule has 0 aromatic heterocycles. The highest BCUT2D eigenvalue weighted by molar-refractivity contribution is 6.74. The lowest BCUT2D eigenvalue weighted by Gasteiger charge is -2.38. The summed E-state index contributed by atoms with van der Waals surface area (Å²) in [5.74, 6) is 0. The highest BCUT2D eigenvalue weighted by Crippen LogP contribution is 2.51. The maximum absolute atomic E-state index is 6.37. The van der Waals surface area contributed by atoms with E-state index in [1.165, 1.54) is 25.7 Å². The SMILES string of the molecule is CN1[C@H](CO[Si](C)(C)C(C)(C)C)CCC12CC2. The van der Waals surface area contributed by atoms with E-state index >= 15 is 0 Å². The van der Waals surface area contributed by atoms with Crippen LogP contribution in [-0.2, 0) is 4.43 Å². The number of rotatable bonds is 3. The molecule has 2 rings (SSSR count). The van der Waals surface area contributed by atoms with Crippen LogP contribution < -0.4 is 0 Å². The largest absolute Gasteiger partial charge is 0.415 e. The van der Waals surface area contributed by atoms with E-state index in [1.807, 2.05) is 0 Å². The number of nitrogens with zero attached hydrogens (tertiary/aromatic N) is 1. The molecule has 1 heterocycles. The van der Waals surface area contributed by atoms with E-state index in [9.17, 15) is 0 Å². The van der Waals surface area contributed by atoms with Gasteiger partial charge >= 0.3 is 0 Å². The predicted molar refractivity (Wildman–Crippen MR) is 75.9 cm³/mol. The van der Waals surface area contributed by atoms with Crippen molar-refractivity contribution in [2.45, 2.75) is 76.2 Å². The monoisotopic (exact) mass is 255 g/mol. The normalized spacial score (nSPS) is 28.9. The van der Waals surface area contributed by atoms with Crippen LogP contribution in [0.4, 0.5) is 0 Å². The van der Waals surface area contributed by atoms with Crippen LogP contribution in [-0.4, -0.2) is 38.5 Å². The van der Waals surface area contributed by atoms with E-state index < -0.39 is 8.32 Å². The first-order chi connectivity index (χ1) is 7.68. The molecular formula is C14H29NOSi. The van der Waals surface area contributed by atoms with Crippen LogP contribution in [0.2, 0.25) is 18.1 Å². The Balaban J connectivity index is 1.87. The third kappa shape index (κ3) is 2.47. The summed E-state index contributed by atoms with van der Waals surface area (Å²) < 4.78 is 6.37. The third-order valence-corrected chi connectivity index (χ3v) is 10.0. The van der Waals surface area contributed by atoms with E-state index in [1.54, 1.807) is 0 Å². The van der Waals surface area contributed by atoms with Gasteiger partial charge in [-0.25, -0.2) is 0 Å². The van der Waals surface area contributed by atoms with Crippen LogP contribution in [0.3, 0.4) is 0 Å². The molecule has 0 bridgehead atoms. The van der Waals surface area contributed by atoms with E-state index in [-0.39, 0.29) is 0 Å². The van der Waals surface area contributed by atoms with Crippen molar-refractivity contribution in [3.63, 3.8) is 0 Å². The van der Waals surface area contributed by atoms with Gasteiger partial charge in [-0.3, -0.25) is 4.90 Å². The van der Waals surface area contributed by atoms with Gasteiger partial charge in [0.25, 0.3) is 0 Å². The summed E-state index contributed by atoms with van der Waals surface area (Å²) in [4.78, 5) is 2.61. The van der Waals surface area contributed by atoms with Crippen molar-refractivity contribution >= 4 is 8.32 Å². The fourth-order valence-corrected chi connectivity index (χ4v) is 3.70. The first kappa shape index (κ1) is 13.6. The molecular weight excluding hydrogens is 226 g/mol. The first-order valence-electron chi connectivity index (χ1n) is 7.05. The minimum Gasteiger partial charge on any atom is -0.415 e. The Labute approximate surface area is 108 Å². The van der Waals surface area contributed by atoms with Crippen molar-refractivity contribution in [3.8, 4) is 0 Å². The second-order valence-corrected chi connectivity index (χ2v) is 12.4. The average molecular weight is 255 g/mol. The van der Waals surface area contributed by atoms with Gasteiger partial charge in [0.15, 0.2) is 8.32 Å². The molecule has 1 atom stereocenters. The van der Waals surface area contributed by atoms with Gasteiger partial charge in [0.1, 0.15) is 0 Å². The van der Waals surface area contributed by atoms with Crippen molar-refractivity contribution in [2.75, 3.05) is 13.7 Å². The van der Waals surface area contributed by atoms with E-state index in [2.05, 4.69) is 45.8 Å². The third-order valence-electron chi connectivity index (χ3n) is 5.51. The summed E-state index contributed by atoms with van der Waals surface area (Å²) in [5, 5.41) is 0.335. The molecule has 0 unspecified atom stereocenters. The molecule has 1 saturated carbocycles. The van der Waals surface area contributed by atoms with Crippen LogP contribution in [0.1, 0.15) is 46.5 Å². The lowest BCUT2D eigenvalue weighted by molar-refractivity contribution is 0.151. The lowest BCUT2D eigenvalue weighted by Crippen LogP contribution is -2.45. The minimum atomic E-state index is -1.55. The first-order valence-corrected chi connectivity index (χ1v) is 9.96. The second kappa shape index (κ2) is 4.07. The number of hydrogen-bond donors (Lipinski definition) is 0. The van der Waals surface area contributed by atoms with Crippen LogP contribution in [0, 0.1) is 0 Å². The minimum absolute atomic E-state index is 0.335. The quantitative estimate of drug-likeness (QED) is 0.714. The van der Waals surface area contributed by atoms with Gasteiger partial charge in [-0.2, -0.15) is 0 Å². The molecule has 0 aromatic rings. The highest BCUT2D eigenvalue weighted by atomic mass is 28.4. The van der Waals surface area contributed by atoms with E-state index in [0.29, 0.717) is 16.6 Å². The molecule has 1 aliphatic carbocycles. The van der Waals surface area contributed by atoms with Crippen LogP contribution in [0.25, 0.3) is 0 Å². The maximum Gasteiger partial charge on any atom is 0.192 e. The summed E-state index contributed by atoms with van der Waals surface area (Å²) in [6, 6.07) is 0.673. The zero-order chi connectivity index (χ0) is 12.9. The summed E-state index contributed by atoms with van der Waals surface area (Å²) in [6.07, 6.45) is 5.57. The van der Waals surface area contributed by atoms with Crippen molar-refractivity contribution in [1.29, 1.82) is 0 Å². The molecule has 0 radical (unpaired) electrons. The van der Waals surface area contributed by atoms with Gasteiger partial charge < -0.3 is 4.43 Å². The van der Waals surface area contributed by atoms with Gasteiger partial charge in [-0.1, -0.05) is 20.8 Å². The number of likely N-dealkylation sites (N-methyl/N-ethyl adjacent to an activating group) is 1. The summed E-state index contributed by atoms with van der Waals surface area (Å²) in [7, 11) is 0.751. The fraction of sp³-hybridized carbons (Fsp3) is 1.00. The molecule has 2 nitrogen and oxygen atoms in total. The highest BCUT2D eigenvalue weighted by Gasteiger charge is 2.52. The van der Waals surface area contributed by atoms with Crippen molar-refractivity contribution in [2.24, 2.45) is 0 Å². The zero-order valence-corrected chi connectivity index (χ0v) is 13.5. The Bertz CT molecular complexity index is 291. The topological polar surface area (TPSA) is 12.5 Å². The Morgan fingerprint density at radius 2 is 1.82 bits per heavy atom. The Kier molecular flexibility index (Phi) is 3.25. The molecule has 100 valence electrons. The van der Waals surface area contributed by atoms with Crippen molar-refractivity contribution in [3.05, 3.63) is 0 Å². The summed E-state index contributed by atoms with van der Waals surface area (Å²) >= 11 is 0. The Morgan fingerprint density at radius 3 is 2.24 bits per heavy atom. The van der Waals surface area contributed by atoms with Crippen LogP contribution in [0.15, 0.2) is 0 Å². The molecule has 3 heteroatoms. The van der Waals surface area contributed by atoms with Crippen molar-refractivity contribution < 1.29 is 4.43 Å². The summed E-state index contributed by atoms with van der Waals surface area (Å²) in [6.45, 7) is 12.6. The van der Waals surface area contributed by atoms with Gasteiger partial charge in [0.05, 0.1) is 0 Å². The molecule has 1 saturated heterocycles. The maximum atomic E-state index is 6.37. The molecule has 1 aliphatic heterocycles. The molecule has 17 heavy (non-hydrogen) atoms. The predicted octanol–water partition coefficient (Wildman–Crippen LogP) is 3.64. The van der Waals surface area contributed by atoms with E-state index in [4.69, 9.17) is 4.43 Å². The van der Waals surface area contributed by atoms with Gasteiger partial charge in [-0.05, 0) is 50.9 Å². The number of hydrogen-bond acceptors (Lipinski definition) is 2. The second-order valence-electron chi connectivity index (χ2n) is 7.60. The molecule has 0 amide bonds. The van der Waals surface area contributed by atoms with Crippen LogP contribution in [0.5, 0.6) is 0 Å². The standard InChI is InChI=1S/C14H29NOSi/c1-13(2,3)17(5,6)16-11-12-7-8-14(9-10-14)15(12)4/h12H,7-11H2,1-6H3/t12-/m0/s1. The zero-order valence-electron chi connectivity index (χ0n) is 12.5. The van der Waals surface area contributed by atoms with E-state index in [0.717, 1.165) is 6.61 Å². The average Bonchev–Trinajstić information content (AvgIpc) is 2.89. The van der Waals surface area contributed by atoms with Gasteiger partial charge in [0, 0.05) is 18.2 Å². The Hall–Kier alpha value is 0.137. The fourth-order valence-electron chi connectivity index (χ4n) is 2.66. The smallest absolute Gasteiger partial charge is 0.192 e. The van der Waals surface area contributed by atoms with Gasteiger partial charge in [0.2, 0.25) is 0 Å². The lowest BCUT2D eigenvalue weighted by atomic mass is 10.2. The van der Waals surface area contributed by atoms with Gasteiger partial charge in [-0.15, -0.1) is 0 Å². The molecule has 2 aliphatic rings. The summed E-state index contributed by atoms with van der Waals surface area (Å²) in [5.41, 5.74) is 0.599. The van der Waals surface area contributed by atoms with Crippen molar-refractivity contribution in [1.82, 2.24) is 4.90 Å². The molecule has 0 aromatic carbocycles. The number of likely N-dealkylation sites (tertiary alicyclic amines) is 1. The molecule has 0 N–H and O–H groups in total. The van der Waals surface area contributed by atoms with Crippen LogP contribution >= 0.6 is 0 Å².